The molecular formula is C18H14N4O. The first-order chi connectivity index (χ1) is 11.3. The van der Waals surface area contributed by atoms with Crippen molar-refractivity contribution in [2.24, 2.45) is 0 Å². The average Bonchev–Trinajstić information content (AvgIpc) is 3.23. The second kappa shape index (κ2) is 5.53. The molecule has 0 bridgehead atoms. The Kier molecular flexibility index (Phi) is 3.24. The highest BCUT2D eigenvalue weighted by atomic mass is 16.4. The molecule has 5 heteroatoms. The predicted octanol–water partition coefficient (Wildman–Crippen LogP) is 3.90. The van der Waals surface area contributed by atoms with Crippen molar-refractivity contribution in [2.75, 3.05) is 0 Å². The molecule has 2 aromatic carbocycles. The molecule has 0 fully saturated rings. The van der Waals surface area contributed by atoms with Crippen LogP contribution in [-0.4, -0.2) is 20.0 Å². The van der Waals surface area contributed by atoms with Gasteiger partial charge in [0.15, 0.2) is 0 Å². The van der Waals surface area contributed by atoms with Crippen molar-refractivity contribution < 1.29 is 4.42 Å². The van der Waals surface area contributed by atoms with E-state index in [2.05, 4.69) is 10.2 Å². The zero-order chi connectivity index (χ0) is 15.6. The van der Waals surface area contributed by atoms with Gasteiger partial charge in [-0.2, -0.15) is 5.10 Å². The molecule has 0 amide bonds. The maximum Gasteiger partial charge on any atom is 0.251 e. The summed E-state index contributed by atoms with van der Waals surface area (Å²) < 4.78 is 7.44. The molecule has 0 saturated carbocycles. The van der Waals surface area contributed by atoms with Crippen LogP contribution in [0, 0.1) is 6.92 Å². The molecule has 2 heterocycles. The standard InChI is InChI=1S/C18H14N4O/c1-13-19-20-18(23-13)16-12-22(15-10-6-3-7-11-15)21-17(16)14-8-4-2-5-9-14/h2-12H,1H3. The molecule has 0 aliphatic rings. The van der Waals surface area contributed by atoms with E-state index in [1.54, 1.807) is 6.92 Å². The van der Waals surface area contributed by atoms with Crippen LogP contribution >= 0.6 is 0 Å². The van der Waals surface area contributed by atoms with Gasteiger partial charge in [0.05, 0.1) is 11.3 Å². The van der Waals surface area contributed by atoms with Crippen molar-refractivity contribution in [3.8, 4) is 28.4 Å². The van der Waals surface area contributed by atoms with Gasteiger partial charge in [0.1, 0.15) is 5.69 Å². The fourth-order valence-electron chi connectivity index (χ4n) is 2.46. The van der Waals surface area contributed by atoms with Crippen LogP contribution in [0.4, 0.5) is 0 Å². The molecule has 0 spiro atoms. The summed E-state index contributed by atoms with van der Waals surface area (Å²) in [6.07, 6.45) is 1.92. The quantitative estimate of drug-likeness (QED) is 0.576. The predicted molar refractivity (Wildman–Crippen MR) is 87.0 cm³/mol. The Morgan fingerprint density at radius 1 is 0.870 bits per heavy atom. The lowest BCUT2D eigenvalue weighted by molar-refractivity contribution is 0.533. The summed E-state index contributed by atoms with van der Waals surface area (Å²) in [5, 5.41) is 12.8. The Morgan fingerprint density at radius 3 is 2.22 bits per heavy atom. The average molecular weight is 302 g/mol. The first-order valence-electron chi connectivity index (χ1n) is 7.32. The van der Waals surface area contributed by atoms with Gasteiger partial charge in [-0.15, -0.1) is 10.2 Å². The molecular weight excluding hydrogens is 288 g/mol. The van der Waals surface area contributed by atoms with Gasteiger partial charge in [-0.1, -0.05) is 48.5 Å². The minimum atomic E-state index is 0.475. The van der Waals surface area contributed by atoms with Crippen molar-refractivity contribution >= 4 is 0 Å². The smallest absolute Gasteiger partial charge is 0.251 e. The van der Waals surface area contributed by atoms with Crippen LogP contribution in [0.3, 0.4) is 0 Å². The Hall–Kier alpha value is -3.21. The van der Waals surface area contributed by atoms with Crippen LogP contribution in [0.2, 0.25) is 0 Å². The number of aromatic nitrogens is 4. The van der Waals surface area contributed by atoms with Crippen molar-refractivity contribution in [1.82, 2.24) is 20.0 Å². The Balaban J connectivity index is 1.91. The topological polar surface area (TPSA) is 56.7 Å². The van der Waals surface area contributed by atoms with Gasteiger partial charge in [0, 0.05) is 18.7 Å². The summed E-state index contributed by atoms with van der Waals surface area (Å²) >= 11 is 0. The Labute approximate surface area is 133 Å². The Bertz CT molecular complexity index is 926. The normalized spacial score (nSPS) is 10.8. The van der Waals surface area contributed by atoms with Crippen molar-refractivity contribution in [3.63, 3.8) is 0 Å². The molecule has 0 saturated heterocycles. The first kappa shape index (κ1) is 13.5. The summed E-state index contributed by atoms with van der Waals surface area (Å²) in [6.45, 7) is 1.78. The lowest BCUT2D eigenvalue weighted by Crippen LogP contribution is -1.93. The third-order valence-electron chi connectivity index (χ3n) is 3.54. The van der Waals surface area contributed by atoms with Gasteiger partial charge < -0.3 is 4.42 Å². The summed E-state index contributed by atoms with van der Waals surface area (Å²) in [4.78, 5) is 0. The number of para-hydroxylation sites is 1. The molecule has 0 radical (unpaired) electrons. The molecule has 5 nitrogen and oxygen atoms in total. The molecule has 0 aliphatic heterocycles. The number of rotatable bonds is 3. The largest absolute Gasteiger partial charge is 0.421 e. The minimum Gasteiger partial charge on any atom is -0.421 e. The lowest BCUT2D eigenvalue weighted by Gasteiger charge is -2.00. The molecule has 4 aromatic rings. The lowest BCUT2D eigenvalue weighted by atomic mass is 10.1. The maximum absolute atomic E-state index is 5.61. The van der Waals surface area contributed by atoms with Crippen molar-refractivity contribution in [1.29, 1.82) is 0 Å². The number of benzene rings is 2. The molecule has 112 valence electrons. The molecule has 0 unspecified atom stereocenters. The zero-order valence-electron chi connectivity index (χ0n) is 12.5. The molecule has 0 aliphatic carbocycles. The summed E-state index contributed by atoms with van der Waals surface area (Å²) in [5.74, 6) is 1.01. The second-order valence-electron chi connectivity index (χ2n) is 5.16. The SMILES string of the molecule is Cc1nnc(-c2cn(-c3ccccc3)nc2-c2ccccc2)o1. The number of hydrogen-bond acceptors (Lipinski definition) is 4. The minimum absolute atomic E-state index is 0.475. The van der Waals surface area contributed by atoms with Crippen LogP contribution in [0.15, 0.2) is 71.3 Å². The molecule has 23 heavy (non-hydrogen) atoms. The monoisotopic (exact) mass is 302 g/mol. The second-order valence-corrected chi connectivity index (χ2v) is 5.16. The fraction of sp³-hybridized carbons (Fsp3) is 0.0556. The van der Waals surface area contributed by atoms with Crippen molar-refractivity contribution in [3.05, 3.63) is 72.8 Å². The van der Waals surface area contributed by atoms with E-state index in [0.29, 0.717) is 11.8 Å². The van der Waals surface area contributed by atoms with Crippen LogP contribution in [-0.2, 0) is 0 Å². The van der Waals surface area contributed by atoms with Gasteiger partial charge in [-0.25, -0.2) is 4.68 Å². The number of nitrogens with zero attached hydrogens (tertiary/aromatic N) is 4. The molecule has 2 aromatic heterocycles. The van der Waals surface area contributed by atoms with Crippen molar-refractivity contribution in [2.45, 2.75) is 6.92 Å². The maximum atomic E-state index is 5.61. The number of aryl methyl sites for hydroxylation is 1. The highest BCUT2D eigenvalue weighted by Crippen LogP contribution is 2.31. The van der Waals surface area contributed by atoms with Gasteiger partial charge in [-0.05, 0) is 12.1 Å². The van der Waals surface area contributed by atoms with E-state index in [1.807, 2.05) is 71.5 Å². The zero-order valence-corrected chi connectivity index (χ0v) is 12.5. The third kappa shape index (κ3) is 2.53. The van der Waals surface area contributed by atoms with Crippen LogP contribution < -0.4 is 0 Å². The molecule has 0 atom stereocenters. The van der Waals surface area contributed by atoms with Crippen LogP contribution in [0.5, 0.6) is 0 Å². The summed E-state index contributed by atoms with van der Waals surface area (Å²) in [6, 6.07) is 19.9. The highest BCUT2D eigenvalue weighted by Gasteiger charge is 2.18. The van der Waals surface area contributed by atoms with Gasteiger partial charge >= 0.3 is 0 Å². The summed E-state index contributed by atoms with van der Waals surface area (Å²) in [5.41, 5.74) is 3.62. The number of hydrogen-bond donors (Lipinski definition) is 0. The van der Waals surface area contributed by atoms with Gasteiger partial charge in [0.25, 0.3) is 5.89 Å². The van der Waals surface area contributed by atoms with E-state index in [9.17, 15) is 0 Å². The fourth-order valence-corrected chi connectivity index (χ4v) is 2.46. The van der Waals surface area contributed by atoms with E-state index in [0.717, 1.165) is 22.5 Å². The van der Waals surface area contributed by atoms with E-state index < -0.39 is 0 Å². The molecule has 0 N–H and O–H groups in total. The van der Waals surface area contributed by atoms with Crippen LogP contribution in [0.1, 0.15) is 5.89 Å². The van der Waals surface area contributed by atoms with E-state index in [1.165, 1.54) is 0 Å². The van der Waals surface area contributed by atoms with Gasteiger partial charge in [-0.3, -0.25) is 0 Å². The van der Waals surface area contributed by atoms with Gasteiger partial charge in [0.2, 0.25) is 5.89 Å². The Morgan fingerprint density at radius 2 is 1.57 bits per heavy atom. The van der Waals surface area contributed by atoms with Crippen LogP contribution in [0.25, 0.3) is 28.4 Å². The summed E-state index contributed by atoms with van der Waals surface area (Å²) in [7, 11) is 0. The van der Waals surface area contributed by atoms with E-state index in [4.69, 9.17) is 9.52 Å². The van der Waals surface area contributed by atoms with E-state index >= 15 is 0 Å². The third-order valence-corrected chi connectivity index (χ3v) is 3.54. The highest BCUT2D eigenvalue weighted by molar-refractivity contribution is 5.76. The molecule has 4 rings (SSSR count). The van der Waals surface area contributed by atoms with E-state index in [-0.39, 0.29) is 0 Å². The first-order valence-corrected chi connectivity index (χ1v) is 7.32.